The molecule has 0 saturated carbocycles. The summed E-state index contributed by atoms with van der Waals surface area (Å²) in [6, 6.07) is 4.78. The number of aromatic nitrogens is 2. The van der Waals surface area contributed by atoms with E-state index in [1.54, 1.807) is 29.8 Å². The van der Waals surface area contributed by atoms with Crippen LogP contribution in [0.5, 0.6) is 5.75 Å². The number of fused-ring (bicyclic) bond motifs is 1. The topological polar surface area (TPSA) is 116 Å². The normalized spacial score (nSPS) is 11.2. The molecule has 0 fully saturated rings. The van der Waals surface area contributed by atoms with Crippen LogP contribution < -0.4 is 17.0 Å². The number of rotatable bonds is 3. The summed E-state index contributed by atoms with van der Waals surface area (Å²) in [7, 11) is 0. The minimum atomic E-state index is -0.669. The molecule has 0 radical (unpaired) electrons. The van der Waals surface area contributed by atoms with Gasteiger partial charge in [0, 0.05) is 29.8 Å². The number of carbonyl (C=O) groups excluding carboxylic acids is 1. The third-order valence-corrected chi connectivity index (χ3v) is 4.53. The maximum Gasteiger partial charge on any atom is 0.253 e. The highest BCUT2D eigenvalue weighted by Crippen LogP contribution is 2.35. The number of amides is 1. The molecule has 1 amide bonds. The Morgan fingerprint density at radius 3 is 2.56 bits per heavy atom. The number of carbonyl (C=O) groups is 1. The molecule has 0 saturated heterocycles. The number of aryl methyl sites for hydroxylation is 2. The van der Waals surface area contributed by atoms with Gasteiger partial charge in [0.1, 0.15) is 11.6 Å². The van der Waals surface area contributed by atoms with E-state index in [1.807, 2.05) is 13.8 Å². The van der Waals surface area contributed by atoms with E-state index in [4.69, 9.17) is 11.5 Å². The number of nitrogens with zero attached hydrogens (tertiary/aromatic N) is 2. The van der Waals surface area contributed by atoms with E-state index >= 15 is 0 Å². The molecule has 7 heteroatoms. The Morgan fingerprint density at radius 1 is 1.28 bits per heavy atom. The second-order valence-corrected chi connectivity index (χ2v) is 6.03. The smallest absolute Gasteiger partial charge is 0.253 e. The van der Waals surface area contributed by atoms with Crippen LogP contribution in [0, 0.1) is 13.8 Å². The summed E-state index contributed by atoms with van der Waals surface area (Å²) >= 11 is 0. The van der Waals surface area contributed by atoms with Crippen molar-refractivity contribution in [2.45, 2.75) is 27.3 Å². The number of primary amides is 1. The molecule has 130 valence electrons. The number of nitrogens with two attached hydrogens (primary N) is 2. The monoisotopic (exact) mass is 340 g/mol. The van der Waals surface area contributed by atoms with Gasteiger partial charge in [-0.05, 0) is 32.4 Å². The lowest BCUT2D eigenvalue weighted by molar-refractivity contribution is 0.100. The SMILES string of the molecule is CCn1cc2c(C(N)=O)c(N)n(-c3c(C)ccc(O)c3C)c2cc1=O. The van der Waals surface area contributed by atoms with Crippen LogP contribution in [0.15, 0.2) is 29.2 Å². The van der Waals surface area contributed by atoms with Crippen molar-refractivity contribution >= 4 is 22.6 Å². The molecule has 25 heavy (non-hydrogen) atoms. The highest BCUT2D eigenvalue weighted by molar-refractivity contribution is 6.11. The Hall–Kier alpha value is -3.22. The van der Waals surface area contributed by atoms with E-state index in [-0.39, 0.29) is 22.7 Å². The van der Waals surface area contributed by atoms with Crippen LogP contribution in [0.2, 0.25) is 0 Å². The number of benzene rings is 1. The van der Waals surface area contributed by atoms with Gasteiger partial charge in [-0.2, -0.15) is 0 Å². The standard InChI is InChI=1S/C18H20N4O3/c1-4-21-8-11-12(7-14(21)24)22(17(19)15(11)18(20)25)16-9(2)5-6-13(23)10(16)3/h5-8,23H,4,19H2,1-3H3,(H2,20,25). The van der Waals surface area contributed by atoms with Crippen LogP contribution in [0.25, 0.3) is 16.6 Å². The molecule has 3 aromatic rings. The van der Waals surface area contributed by atoms with Crippen LogP contribution in [-0.2, 0) is 6.54 Å². The van der Waals surface area contributed by atoms with Gasteiger partial charge < -0.3 is 21.1 Å². The maximum absolute atomic E-state index is 12.3. The largest absolute Gasteiger partial charge is 0.508 e. The first-order valence-electron chi connectivity index (χ1n) is 7.91. The Kier molecular flexibility index (Phi) is 3.79. The second kappa shape index (κ2) is 5.70. The summed E-state index contributed by atoms with van der Waals surface area (Å²) in [6.45, 7) is 5.91. The average molecular weight is 340 g/mol. The Labute approximate surface area is 144 Å². The zero-order valence-electron chi connectivity index (χ0n) is 14.3. The zero-order chi connectivity index (χ0) is 18.5. The molecule has 0 bridgehead atoms. The minimum Gasteiger partial charge on any atom is -0.508 e. The van der Waals surface area contributed by atoms with Crippen molar-refractivity contribution in [1.29, 1.82) is 0 Å². The number of aromatic hydroxyl groups is 1. The molecular weight excluding hydrogens is 320 g/mol. The van der Waals surface area contributed by atoms with Gasteiger partial charge in [-0.15, -0.1) is 0 Å². The van der Waals surface area contributed by atoms with E-state index < -0.39 is 5.91 Å². The molecule has 0 aliphatic rings. The van der Waals surface area contributed by atoms with E-state index in [0.29, 0.717) is 28.7 Å². The van der Waals surface area contributed by atoms with E-state index in [1.165, 1.54) is 10.6 Å². The number of phenols is 1. The van der Waals surface area contributed by atoms with Crippen molar-refractivity contribution < 1.29 is 9.90 Å². The summed E-state index contributed by atoms with van der Waals surface area (Å²) in [4.78, 5) is 24.3. The lowest BCUT2D eigenvalue weighted by Gasteiger charge is -2.15. The average Bonchev–Trinajstić information content (AvgIpc) is 2.82. The molecule has 0 aliphatic carbocycles. The minimum absolute atomic E-state index is 0.101. The zero-order valence-corrected chi connectivity index (χ0v) is 14.3. The Morgan fingerprint density at radius 2 is 1.96 bits per heavy atom. The number of anilines is 1. The maximum atomic E-state index is 12.3. The fraction of sp³-hybridized carbons (Fsp3) is 0.222. The summed E-state index contributed by atoms with van der Waals surface area (Å²) in [5.74, 6) is -0.421. The molecule has 7 nitrogen and oxygen atoms in total. The lowest BCUT2D eigenvalue weighted by atomic mass is 10.1. The molecule has 2 heterocycles. The van der Waals surface area contributed by atoms with Crippen LogP contribution in [-0.4, -0.2) is 20.1 Å². The molecule has 5 N–H and O–H groups in total. The molecule has 0 aliphatic heterocycles. The van der Waals surface area contributed by atoms with Gasteiger partial charge in [-0.25, -0.2) is 0 Å². The summed E-state index contributed by atoms with van der Waals surface area (Å²) < 4.78 is 3.10. The van der Waals surface area contributed by atoms with E-state index in [2.05, 4.69) is 0 Å². The van der Waals surface area contributed by atoms with Gasteiger partial charge >= 0.3 is 0 Å². The predicted molar refractivity (Wildman–Crippen MR) is 97.3 cm³/mol. The van der Waals surface area contributed by atoms with Crippen LogP contribution in [0.3, 0.4) is 0 Å². The van der Waals surface area contributed by atoms with Gasteiger partial charge in [0.15, 0.2) is 0 Å². The van der Waals surface area contributed by atoms with Gasteiger partial charge in [-0.1, -0.05) is 6.07 Å². The quantitative estimate of drug-likeness (QED) is 0.674. The van der Waals surface area contributed by atoms with Crippen LogP contribution >= 0.6 is 0 Å². The number of nitrogen functional groups attached to an aromatic ring is 1. The van der Waals surface area contributed by atoms with Crippen molar-refractivity contribution in [2.24, 2.45) is 5.73 Å². The second-order valence-electron chi connectivity index (χ2n) is 6.03. The fourth-order valence-electron chi connectivity index (χ4n) is 3.24. The van der Waals surface area contributed by atoms with Crippen LogP contribution in [0.1, 0.15) is 28.4 Å². The van der Waals surface area contributed by atoms with Crippen molar-refractivity contribution in [3.8, 4) is 11.4 Å². The first-order chi connectivity index (χ1) is 11.8. The van der Waals surface area contributed by atoms with E-state index in [0.717, 1.165) is 5.56 Å². The van der Waals surface area contributed by atoms with Gasteiger partial charge in [-0.3, -0.25) is 14.2 Å². The summed E-state index contributed by atoms with van der Waals surface area (Å²) in [5, 5.41) is 10.6. The first kappa shape index (κ1) is 16.6. The highest BCUT2D eigenvalue weighted by Gasteiger charge is 2.23. The van der Waals surface area contributed by atoms with Gasteiger partial charge in [0.2, 0.25) is 0 Å². The highest BCUT2D eigenvalue weighted by atomic mass is 16.3. The van der Waals surface area contributed by atoms with Crippen molar-refractivity contribution in [2.75, 3.05) is 5.73 Å². The molecule has 1 aromatic carbocycles. The van der Waals surface area contributed by atoms with Gasteiger partial charge in [0.05, 0.1) is 16.8 Å². The van der Waals surface area contributed by atoms with Crippen molar-refractivity contribution in [1.82, 2.24) is 9.13 Å². The molecule has 0 unspecified atom stereocenters. The Balaban J connectivity index is 2.55. The van der Waals surface area contributed by atoms with Crippen LogP contribution in [0.4, 0.5) is 5.82 Å². The number of phenolic OH excluding ortho intramolecular Hbond substituents is 1. The fourth-order valence-corrected chi connectivity index (χ4v) is 3.24. The number of hydrogen-bond donors (Lipinski definition) is 3. The summed E-state index contributed by atoms with van der Waals surface area (Å²) in [6.07, 6.45) is 1.60. The molecule has 0 atom stereocenters. The Bertz CT molecular complexity index is 1080. The van der Waals surface area contributed by atoms with Gasteiger partial charge in [0.25, 0.3) is 11.5 Å². The van der Waals surface area contributed by atoms with E-state index in [9.17, 15) is 14.7 Å². The predicted octanol–water partition coefficient (Wildman–Crippen LogP) is 1.82. The van der Waals surface area contributed by atoms with Crippen molar-refractivity contribution in [3.05, 3.63) is 51.4 Å². The lowest BCUT2D eigenvalue weighted by Crippen LogP contribution is -2.18. The number of hydrogen-bond acceptors (Lipinski definition) is 4. The third kappa shape index (κ3) is 2.36. The molecular formula is C18H20N4O3. The molecule has 3 rings (SSSR count). The molecule has 2 aromatic heterocycles. The third-order valence-electron chi connectivity index (χ3n) is 4.53. The van der Waals surface area contributed by atoms with Crippen molar-refractivity contribution in [3.63, 3.8) is 0 Å². The number of pyridine rings is 1. The summed E-state index contributed by atoms with van der Waals surface area (Å²) in [5.41, 5.74) is 14.3. The first-order valence-corrected chi connectivity index (χ1v) is 7.91. The molecule has 0 spiro atoms.